The van der Waals surface area contributed by atoms with Gasteiger partial charge in [0, 0.05) is 24.5 Å². The Morgan fingerprint density at radius 1 is 1.41 bits per heavy atom. The number of aryl methyl sites for hydroxylation is 1. The number of allylic oxidation sites excluding steroid dienone is 1. The molecule has 0 aromatic carbocycles. The summed E-state index contributed by atoms with van der Waals surface area (Å²) in [6.07, 6.45) is 7.01. The summed E-state index contributed by atoms with van der Waals surface area (Å²) in [5.74, 6) is 1.13. The molecule has 1 aliphatic carbocycles. The molecule has 7 heteroatoms. The molecule has 0 bridgehead atoms. The molecule has 0 saturated carbocycles. The lowest BCUT2D eigenvalue weighted by Crippen LogP contribution is -2.30. The SMILES string of the molecule is C=CCn1c(SCC(=O)N2CCCC2)nc2sc3c(c2c1=O)CCC(C)C3. The second kappa shape index (κ2) is 7.80. The summed E-state index contributed by atoms with van der Waals surface area (Å²) in [5.41, 5.74) is 1.22. The molecule has 1 atom stereocenters. The van der Waals surface area contributed by atoms with Gasteiger partial charge in [0.1, 0.15) is 4.83 Å². The van der Waals surface area contributed by atoms with Crippen molar-refractivity contribution in [2.24, 2.45) is 5.92 Å². The Balaban J connectivity index is 1.69. The van der Waals surface area contributed by atoms with Crippen LogP contribution in [0.25, 0.3) is 10.2 Å². The number of hydrogen-bond acceptors (Lipinski definition) is 5. The summed E-state index contributed by atoms with van der Waals surface area (Å²) in [4.78, 5) is 34.5. The zero-order chi connectivity index (χ0) is 19.0. The van der Waals surface area contributed by atoms with Crippen molar-refractivity contribution in [3.05, 3.63) is 33.4 Å². The van der Waals surface area contributed by atoms with E-state index < -0.39 is 0 Å². The van der Waals surface area contributed by atoms with Gasteiger partial charge in [-0.2, -0.15) is 0 Å². The molecule has 1 amide bonds. The summed E-state index contributed by atoms with van der Waals surface area (Å²) in [6.45, 7) is 8.17. The Hall–Kier alpha value is -1.60. The van der Waals surface area contributed by atoms with Gasteiger partial charge in [0.2, 0.25) is 5.91 Å². The van der Waals surface area contributed by atoms with Gasteiger partial charge < -0.3 is 4.90 Å². The van der Waals surface area contributed by atoms with Crippen molar-refractivity contribution in [3.8, 4) is 0 Å². The van der Waals surface area contributed by atoms with Crippen LogP contribution >= 0.6 is 23.1 Å². The van der Waals surface area contributed by atoms with Crippen LogP contribution in [0.4, 0.5) is 0 Å². The van der Waals surface area contributed by atoms with Crippen molar-refractivity contribution in [1.82, 2.24) is 14.5 Å². The smallest absolute Gasteiger partial charge is 0.263 e. The van der Waals surface area contributed by atoms with Crippen LogP contribution in [-0.2, 0) is 24.2 Å². The van der Waals surface area contributed by atoms with Crippen molar-refractivity contribution >= 4 is 39.2 Å². The highest BCUT2D eigenvalue weighted by molar-refractivity contribution is 7.99. The molecule has 1 fully saturated rings. The molecule has 5 nitrogen and oxygen atoms in total. The molecule has 2 aliphatic rings. The molecular weight excluding hydrogens is 378 g/mol. The number of amides is 1. The van der Waals surface area contributed by atoms with Crippen LogP contribution in [0.1, 0.15) is 36.6 Å². The minimum atomic E-state index is 0.0167. The molecule has 4 rings (SSSR count). The van der Waals surface area contributed by atoms with E-state index in [1.165, 1.54) is 22.2 Å². The third-order valence-corrected chi connectivity index (χ3v) is 7.58. The fraction of sp³-hybridized carbons (Fsp3) is 0.550. The minimum Gasteiger partial charge on any atom is -0.342 e. The number of hydrogen-bond donors (Lipinski definition) is 0. The van der Waals surface area contributed by atoms with E-state index in [1.807, 2.05) is 4.90 Å². The van der Waals surface area contributed by atoms with Gasteiger partial charge >= 0.3 is 0 Å². The zero-order valence-corrected chi connectivity index (χ0v) is 17.3. The monoisotopic (exact) mass is 403 g/mol. The van der Waals surface area contributed by atoms with Gasteiger partial charge in [-0.25, -0.2) is 4.98 Å². The number of carbonyl (C=O) groups is 1. The number of rotatable bonds is 5. The summed E-state index contributed by atoms with van der Waals surface area (Å²) in [5, 5.41) is 1.42. The highest BCUT2D eigenvalue weighted by Gasteiger charge is 2.25. The first-order valence-corrected chi connectivity index (χ1v) is 11.4. The molecule has 2 aromatic heterocycles. The largest absolute Gasteiger partial charge is 0.342 e. The highest BCUT2D eigenvalue weighted by atomic mass is 32.2. The van der Waals surface area contributed by atoms with Crippen molar-refractivity contribution in [2.45, 2.75) is 50.7 Å². The molecule has 27 heavy (non-hydrogen) atoms. The van der Waals surface area contributed by atoms with Gasteiger partial charge in [-0.3, -0.25) is 14.2 Å². The molecule has 1 aliphatic heterocycles. The van der Waals surface area contributed by atoms with E-state index in [1.54, 1.807) is 22.0 Å². The average molecular weight is 404 g/mol. The summed E-state index contributed by atoms with van der Waals surface area (Å²) < 4.78 is 1.68. The van der Waals surface area contributed by atoms with Gasteiger partial charge in [0.15, 0.2) is 5.16 Å². The first kappa shape index (κ1) is 18.7. The Bertz CT molecular complexity index is 941. The van der Waals surface area contributed by atoms with Crippen LogP contribution in [0.15, 0.2) is 22.6 Å². The number of fused-ring (bicyclic) bond motifs is 3. The van der Waals surface area contributed by atoms with Gasteiger partial charge in [0.25, 0.3) is 5.56 Å². The van der Waals surface area contributed by atoms with Crippen LogP contribution in [0.5, 0.6) is 0 Å². The highest BCUT2D eigenvalue weighted by Crippen LogP contribution is 2.36. The molecular formula is C20H25N3O2S2. The lowest BCUT2D eigenvalue weighted by atomic mass is 9.89. The summed E-state index contributed by atoms with van der Waals surface area (Å²) in [6, 6.07) is 0. The molecule has 0 N–H and O–H groups in total. The van der Waals surface area contributed by atoms with Crippen LogP contribution in [0.2, 0.25) is 0 Å². The molecule has 144 valence electrons. The maximum Gasteiger partial charge on any atom is 0.263 e. The lowest BCUT2D eigenvalue weighted by molar-refractivity contribution is -0.127. The predicted octanol–water partition coefficient (Wildman–Crippen LogP) is 3.48. The van der Waals surface area contributed by atoms with Crippen LogP contribution in [0, 0.1) is 5.92 Å². The van der Waals surface area contributed by atoms with E-state index in [-0.39, 0.29) is 11.5 Å². The molecule has 0 radical (unpaired) electrons. The molecule has 2 aromatic rings. The zero-order valence-electron chi connectivity index (χ0n) is 15.7. The van der Waals surface area contributed by atoms with E-state index in [4.69, 9.17) is 4.98 Å². The average Bonchev–Trinajstić information content (AvgIpc) is 3.29. The van der Waals surface area contributed by atoms with Crippen LogP contribution < -0.4 is 5.56 Å². The second-order valence-corrected chi connectivity index (χ2v) is 9.53. The van der Waals surface area contributed by atoms with E-state index in [0.29, 0.717) is 23.4 Å². The van der Waals surface area contributed by atoms with Crippen molar-refractivity contribution in [3.63, 3.8) is 0 Å². The molecule has 0 spiro atoms. The Morgan fingerprint density at radius 2 is 2.19 bits per heavy atom. The Labute approximate surface area is 167 Å². The summed E-state index contributed by atoms with van der Waals surface area (Å²) in [7, 11) is 0. The fourth-order valence-corrected chi connectivity index (χ4v) is 6.32. The predicted molar refractivity (Wildman–Crippen MR) is 112 cm³/mol. The summed E-state index contributed by atoms with van der Waals surface area (Å²) >= 11 is 3.04. The fourth-order valence-electron chi connectivity index (χ4n) is 3.99. The topological polar surface area (TPSA) is 55.2 Å². The quantitative estimate of drug-likeness (QED) is 0.436. The number of aromatic nitrogens is 2. The maximum absolute atomic E-state index is 13.2. The number of thiophene rings is 1. The van der Waals surface area contributed by atoms with Gasteiger partial charge in [-0.1, -0.05) is 24.8 Å². The molecule has 3 heterocycles. The third kappa shape index (κ3) is 3.59. The normalized spacial score (nSPS) is 19.4. The van der Waals surface area contributed by atoms with Gasteiger partial charge in [-0.05, 0) is 43.6 Å². The van der Waals surface area contributed by atoms with Crippen LogP contribution in [-0.4, -0.2) is 39.2 Å². The van der Waals surface area contributed by atoms with E-state index in [2.05, 4.69) is 13.5 Å². The van der Waals surface area contributed by atoms with E-state index in [0.717, 1.165) is 55.4 Å². The van der Waals surface area contributed by atoms with Gasteiger partial charge in [-0.15, -0.1) is 17.9 Å². The number of likely N-dealkylation sites (tertiary alicyclic amines) is 1. The number of nitrogens with zero attached hydrogens (tertiary/aromatic N) is 3. The second-order valence-electron chi connectivity index (χ2n) is 7.51. The van der Waals surface area contributed by atoms with Gasteiger partial charge in [0.05, 0.1) is 11.1 Å². The van der Waals surface area contributed by atoms with E-state index in [9.17, 15) is 9.59 Å². The lowest BCUT2D eigenvalue weighted by Gasteiger charge is -2.18. The standard InChI is InChI=1S/C20H25N3O2S2/c1-3-8-23-19(25)17-14-7-6-13(2)11-15(14)27-18(17)21-20(23)26-12-16(24)22-9-4-5-10-22/h3,13H,1,4-12H2,2H3. The van der Waals surface area contributed by atoms with Crippen LogP contribution in [0.3, 0.4) is 0 Å². The maximum atomic E-state index is 13.2. The Morgan fingerprint density at radius 3 is 2.93 bits per heavy atom. The Kier molecular flexibility index (Phi) is 5.41. The molecule has 1 saturated heterocycles. The van der Waals surface area contributed by atoms with Crippen molar-refractivity contribution in [2.75, 3.05) is 18.8 Å². The first-order chi connectivity index (χ1) is 13.1. The van der Waals surface area contributed by atoms with Crippen molar-refractivity contribution < 1.29 is 4.79 Å². The number of carbonyl (C=O) groups excluding carboxylic acids is 1. The van der Waals surface area contributed by atoms with E-state index >= 15 is 0 Å². The minimum absolute atomic E-state index is 0.0167. The number of thioether (sulfide) groups is 1. The van der Waals surface area contributed by atoms with Crippen molar-refractivity contribution in [1.29, 1.82) is 0 Å². The first-order valence-electron chi connectivity index (χ1n) is 9.65. The molecule has 1 unspecified atom stereocenters. The third-order valence-electron chi connectivity index (χ3n) is 5.48.